The van der Waals surface area contributed by atoms with E-state index in [2.05, 4.69) is 5.32 Å². The number of carbonyl (C=O) groups is 2. The third kappa shape index (κ3) is 4.00. The molecule has 1 heterocycles. The average Bonchev–Trinajstić information content (AvgIpc) is 2.97. The lowest BCUT2D eigenvalue weighted by Crippen LogP contribution is -2.33. The number of nitrogens with zero attached hydrogens (tertiary/aromatic N) is 1. The first-order valence-corrected chi connectivity index (χ1v) is 9.40. The molecule has 0 saturated heterocycles. The predicted molar refractivity (Wildman–Crippen MR) is 112 cm³/mol. The number of ether oxygens (including phenoxy) is 1. The number of para-hydroxylation sites is 1. The minimum Gasteiger partial charge on any atom is -0.457 e. The van der Waals surface area contributed by atoms with E-state index in [0.717, 1.165) is 10.5 Å². The summed E-state index contributed by atoms with van der Waals surface area (Å²) in [5.41, 5.74) is 1.51. The third-order valence-electron chi connectivity index (χ3n) is 4.41. The van der Waals surface area contributed by atoms with Crippen molar-refractivity contribution in [2.24, 2.45) is 0 Å². The van der Waals surface area contributed by atoms with Crippen LogP contribution in [0.2, 0.25) is 0 Å². The molecule has 3 aromatic carbocycles. The number of hydrogen-bond acceptors (Lipinski definition) is 4. The van der Waals surface area contributed by atoms with Gasteiger partial charge in [0.25, 0.3) is 11.8 Å². The quantitative estimate of drug-likeness (QED) is 0.610. The van der Waals surface area contributed by atoms with Gasteiger partial charge in [0.1, 0.15) is 22.2 Å². The van der Waals surface area contributed by atoms with Crippen LogP contribution in [0, 0.1) is 0 Å². The largest absolute Gasteiger partial charge is 0.457 e. The van der Waals surface area contributed by atoms with Gasteiger partial charge in [-0.15, -0.1) is 0 Å². The van der Waals surface area contributed by atoms with E-state index in [0.29, 0.717) is 23.7 Å². The number of benzene rings is 3. The Morgan fingerprint density at radius 3 is 2.00 bits per heavy atom. The molecule has 0 saturated carbocycles. The lowest BCUT2D eigenvalue weighted by molar-refractivity contribution is -0.120. The van der Waals surface area contributed by atoms with Gasteiger partial charge in [-0.25, -0.2) is 4.90 Å². The molecule has 2 amide bonds. The Kier molecular flexibility index (Phi) is 5.31. The predicted octanol–water partition coefficient (Wildman–Crippen LogP) is 4.59. The highest BCUT2D eigenvalue weighted by atomic mass is 35.5. The molecule has 0 radical (unpaired) electrons. The summed E-state index contributed by atoms with van der Waals surface area (Å²) in [5.74, 6) is 0.267. The first-order chi connectivity index (χ1) is 14.1. The summed E-state index contributed by atoms with van der Waals surface area (Å²) >= 11 is 6.15. The summed E-state index contributed by atoms with van der Waals surface area (Å²) in [5, 5.41) is 2.87. The van der Waals surface area contributed by atoms with Crippen molar-refractivity contribution in [2.75, 3.05) is 4.90 Å². The molecule has 0 bridgehead atoms. The molecule has 1 aliphatic heterocycles. The summed E-state index contributed by atoms with van der Waals surface area (Å²) in [7, 11) is 0. The highest BCUT2D eigenvalue weighted by Crippen LogP contribution is 2.30. The van der Waals surface area contributed by atoms with Gasteiger partial charge in [-0.3, -0.25) is 9.59 Å². The van der Waals surface area contributed by atoms with E-state index >= 15 is 0 Å². The molecular formula is C23H17ClN2O3. The van der Waals surface area contributed by atoms with Gasteiger partial charge in [0.15, 0.2) is 0 Å². The van der Waals surface area contributed by atoms with E-state index in [-0.39, 0.29) is 10.7 Å². The van der Waals surface area contributed by atoms with Crippen molar-refractivity contribution in [1.29, 1.82) is 0 Å². The zero-order chi connectivity index (χ0) is 20.2. The highest BCUT2D eigenvalue weighted by Gasteiger charge is 2.38. The zero-order valence-electron chi connectivity index (χ0n) is 15.3. The number of imide groups is 1. The van der Waals surface area contributed by atoms with Crippen LogP contribution in [0.25, 0.3) is 0 Å². The zero-order valence-corrected chi connectivity index (χ0v) is 16.1. The molecule has 0 atom stereocenters. The number of carbonyl (C=O) groups excluding carboxylic acids is 2. The second kappa shape index (κ2) is 8.20. The van der Waals surface area contributed by atoms with Crippen LogP contribution in [-0.2, 0) is 16.1 Å². The Balaban J connectivity index is 1.48. The van der Waals surface area contributed by atoms with Crippen molar-refractivity contribution in [2.45, 2.75) is 6.54 Å². The van der Waals surface area contributed by atoms with Gasteiger partial charge in [-0.1, -0.05) is 60.1 Å². The van der Waals surface area contributed by atoms with Gasteiger partial charge >= 0.3 is 0 Å². The van der Waals surface area contributed by atoms with Crippen molar-refractivity contribution < 1.29 is 14.3 Å². The molecule has 3 aromatic rings. The topological polar surface area (TPSA) is 58.6 Å². The number of rotatable bonds is 6. The molecule has 0 aliphatic carbocycles. The van der Waals surface area contributed by atoms with E-state index < -0.39 is 11.8 Å². The minimum absolute atomic E-state index is 0.102. The molecule has 144 valence electrons. The number of halogens is 1. The monoisotopic (exact) mass is 404 g/mol. The van der Waals surface area contributed by atoms with Crippen LogP contribution in [0.15, 0.2) is 95.7 Å². The summed E-state index contributed by atoms with van der Waals surface area (Å²) in [4.78, 5) is 26.4. The van der Waals surface area contributed by atoms with Crippen molar-refractivity contribution >= 4 is 29.1 Å². The lowest BCUT2D eigenvalue weighted by Gasteiger charge is -2.16. The molecule has 0 fully saturated rings. The summed E-state index contributed by atoms with van der Waals surface area (Å²) in [6, 6.07) is 25.6. The second-order valence-electron chi connectivity index (χ2n) is 6.38. The van der Waals surface area contributed by atoms with Crippen LogP contribution in [0.5, 0.6) is 11.5 Å². The first kappa shape index (κ1) is 18.8. The smallest absolute Gasteiger partial charge is 0.283 e. The fraction of sp³-hybridized carbons (Fsp3) is 0.0435. The molecule has 5 nitrogen and oxygen atoms in total. The van der Waals surface area contributed by atoms with Crippen LogP contribution in [0.4, 0.5) is 5.69 Å². The maximum Gasteiger partial charge on any atom is 0.283 e. The van der Waals surface area contributed by atoms with E-state index in [4.69, 9.17) is 16.3 Å². The normalized spacial score (nSPS) is 13.8. The second-order valence-corrected chi connectivity index (χ2v) is 6.76. The molecule has 29 heavy (non-hydrogen) atoms. The van der Waals surface area contributed by atoms with E-state index in [9.17, 15) is 9.59 Å². The van der Waals surface area contributed by atoms with Gasteiger partial charge < -0.3 is 10.1 Å². The summed E-state index contributed by atoms with van der Waals surface area (Å²) in [6.07, 6.45) is 0. The Labute approximate surface area is 173 Å². The molecule has 6 heteroatoms. The maximum absolute atomic E-state index is 12.8. The van der Waals surface area contributed by atoms with Gasteiger partial charge in [-0.2, -0.15) is 0 Å². The maximum atomic E-state index is 12.8. The van der Waals surface area contributed by atoms with Crippen LogP contribution >= 0.6 is 11.6 Å². The molecule has 1 aliphatic rings. The number of amides is 2. The molecule has 4 rings (SSSR count). The minimum atomic E-state index is -0.552. The Morgan fingerprint density at radius 1 is 0.759 bits per heavy atom. The van der Waals surface area contributed by atoms with Gasteiger partial charge in [0.2, 0.25) is 0 Å². The SMILES string of the molecule is O=C1C(Cl)=C(NCc2ccccc2)C(=O)N1c1ccc(Oc2ccccc2)cc1. The molecule has 0 aromatic heterocycles. The Morgan fingerprint density at radius 2 is 1.34 bits per heavy atom. The van der Waals surface area contributed by atoms with Crippen LogP contribution in [0.1, 0.15) is 5.56 Å². The average molecular weight is 405 g/mol. The third-order valence-corrected chi connectivity index (χ3v) is 4.76. The lowest BCUT2D eigenvalue weighted by atomic mass is 10.2. The van der Waals surface area contributed by atoms with Crippen LogP contribution in [-0.4, -0.2) is 11.8 Å². The van der Waals surface area contributed by atoms with Gasteiger partial charge in [-0.05, 0) is 42.0 Å². The number of hydrogen-bond donors (Lipinski definition) is 1. The Hall–Kier alpha value is -3.57. The standard InChI is InChI=1S/C23H17ClN2O3/c24-20-21(25-15-16-7-3-1-4-8-16)23(28)26(22(20)27)17-11-13-19(14-12-17)29-18-9-5-2-6-10-18/h1-14,25H,15H2. The highest BCUT2D eigenvalue weighted by molar-refractivity contribution is 6.52. The van der Waals surface area contributed by atoms with E-state index in [1.807, 2.05) is 60.7 Å². The number of anilines is 1. The summed E-state index contributed by atoms with van der Waals surface area (Å²) in [6.45, 7) is 0.392. The van der Waals surface area contributed by atoms with Crippen molar-refractivity contribution in [3.8, 4) is 11.5 Å². The first-order valence-electron chi connectivity index (χ1n) is 9.03. The fourth-order valence-electron chi connectivity index (χ4n) is 2.96. The van der Waals surface area contributed by atoms with Gasteiger partial charge in [0.05, 0.1) is 5.69 Å². The Bertz CT molecular complexity index is 1060. The van der Waals surface area contributed by atoms with Crippen molar-refractivity contribution in [3.63, 3.8) is 0 Å². The van der Waals surface area contributed by atoms with E-state index in [1.54, 1.807) is 24.3 Å². The molecule has 0 spiro atoms. The van der Waals surface area contributed by atoms with Gasteiger partial charge in [0, 0.05) is 6.54 Å². The fourth-order valence-corrected chi connectivity index (χ4v) is 3.20. The van der Waals surface area contributed by atoms with Crippen molar-refractivity contribution in [3.05, 3.63) is 101 Å². The summed E-state index contributed by atoms with van der Waals surface area (Å²) < 4.78 is 5.74. The van der Waals surface area contributed by atoms with Crippen molar-refractivity contribution in [1.82, 2.24) is 5.32 Å². The van der Waals surface area contributed by atoms with Crippen LogP contribution in [0.3, 0.4) is 0 Å². The molecule has 0 unspecified atom stereocenters. The number of nitrogens with one attached hydrogen (secondary N) is 1. The molecule has 1 N–H and O–H groups in total. The molecular weight excluding hydrogens is 388 g/mol. The van der Waals surface area contributed by atoms with E-state index in [1.165, 1.54) is 0 Å². The van der Waals surface area contributed by atoms with Crippen LogP contribution < -0.4 is 15.0 Å².